The second kappa shape index (κ2) is 56.3. The van der Waals surface area contributed by atoms with Gasteiger partial charge in [0.05, 0.1) is 0 Å². The fourth-order valence-corrected chi connectivity index (χ4v) is 9.63. The second-order valence-electron chi connectivity index (χ2n) is 21.8. The molecule has 0 spiro atoms. The molecule has 0 heterocycles. The fraction of sp³-hybridized carbons (Fsp3) is 0.952. The van der Waals surface area contributed by atoms with Crippen molar-refractivity contribution >= 4 is 17.9 Å². The Morgan fingerprint density at radius 3 is 0.721 bits per heavy atom. The summed E-state index contributed by atoms with van der Waals surface area (Å²) in [6, 6.07) is 0. The standard InChI is InChI=1S/C62H120O6/c1-5-7-9-11-13-15-17-19-20-21-22-23-26-30-34-38-42-46-50-54-61(64)67-57-59(56-66-60(63)53-49-45-41-37-33-28-18-16-14-12-10-8-6-2)68-62(65)55-51-47-43-39-35-31-27-24-25-29-32-36-40-44-48-52-58(3)4/h58-59H,5-57H2,1-4H3/t59-/m1/s1. The van der Waals surface area contributed by atoms with E-state index >= 15 is 0 Å². The van der Waals surface area contributed by atoms with E-state index in [1.54, 1.807) is 0 Å². The van der Waals surface area contributed by atoms with Gasteiger partial charge in [-0.25, -0.2) is 0 Å². The van der Waals surface area contributed by atoms with Gasteiger partial charge in [0.25, 0.3) is 0 Å². The van der Waals surface area contributed by atoms with Gasteiger partial charge in [0.15, 0.2) is 6.10 Å². The fourth-order valence-electron chi connectivity index (χ4n) is 9.63. The molecule has 0 unspecified atom stereocenters. The second-order valence-corrected chi connectivity index (χ2v) is 21.8. The lowest BCUT2D eigenvalue weighted by atomic mass is 10.0. The molecule has 0 amide bonds. The summed E-state index contributed by atoms with van der Waals surface area (Å²) < 4.78 is 16.9. The van der Waals surface area contributed by atoms with Crippen LogP contribution >= 0.6 is 0 Å². The van der Waals surface area contributed by atoms with Crippen LogP contribution in [-0.4, -0.2) is 37.2 Å². The highest BCUT2D eigenvalue weighted by Gasteiger charge is 2.19. The molecule has 68 heavy (non-hydrogen) atoms. The quantitative estimate of drug-likeness (QED) is 0.0343. The average Bonchev–Trinajstić information content (AvgIpc) is 3.32. The summed E-state index contributed by atoms with van der Waals surface area (Å²) in [7, 11) is 0. The zero-order valence-electron chi connectivity index (χ0n) is 46.6. The zero-order valence-corrected chi connectivity index (χ0v) is 46.6. The van der Waals surface area contributed by atoms with Crippen LogP contribution in [0.2, 0.25) is 0 Å². The van der Waals surface area contributed by atoms with Crippen LogP contribution in [0.4, 0.5) is 0 Å². The van der Waals surface area contributed by atoms with Crippen molar-refractivity contribution in [3.05, 3.63) is 0 Å². The molecule has 0 saturated carbocycles. The van der Waals surface area contributed by atoms with Gasteiger partial charge in [0, 0.05) is 19.3 Å². The van der Waals surface area contributed by atoms with E-state index in [1.165, 1.54) is 250 Å². The molecule has 0 aromatic heterocycles. The van der Waals surface area contributed by atoms with Crippen LogP contribution in [0.25, 0.3) is 0 Å². The van der Waals surface area contributed by atoms with E-state index in [9.17, 15) is 14.4 Å². The van der Waals surface area contributed by atoms with Crippen LogP contribution in [0.5, 0.6) is 0 Å². The Balaban J connectivity index is 4.26. The topological polar surface area (TPSA) is 78.9 Å². The molecule has 6 heteroatoms. The molecule has 0 aliphatic carbocycles. The van der Waals surface area contributed by atoms with Gasteiger partial charge in [-0.3, -0.25) is 14.4 Å². The van der Waals surface area contributed by atoms with Crippen LogP contribution in [0.1, 0.15) is 355 Å². The third-order valence-electron chi connectivity index (χ3n) is 14.3. The summed E-state index contributed by atoms with van der Waals surface area (Å²) in [6.07, 6.45) is 62.4. The molecule has 6 nitrogen and oxygen atoms in total. The van der Waals surface area contributed by atoms with Crippen LogP contribution in [0, 0.1) is 5.92 Å². The Labute approximate surface area is 425 Å². The third-order valence-corrected chi connectivity index (χ3v) is 14.3. The average molecular weight is 962 g/mol. The van der Waals surface area contributed by atoms with Crippen molar-refractivity contribution in [2.45, 2.75) is 361 Å². The van der Waals surface area contributed by atoms with Gasteiger partial charge >= 0.3 is 17.9 Å². The molecule has 0 rings (SSSR count). The smallest absolute Gasteiger partial charge is 0.306 e. The number of hydrogen-bond acceptors (Lipinski definition) is 6. The maximum Gasteiger partial charge on any atom is 0.306 e. The molecule has 0 aliphatic rings. The molecule has 0 aromatic carbocycles. The number of esters is 3. The molecule has 0 aliphatic heterocycles. The minimum Gasteiger partial charge on any atom is -0.462 e. The highest BCUT2D eigenvalue weighted by atomic mass is 16.6. The van der Waals surface area contributed by atoms with Crippen LogP contribution < -0.4 is 0 Å². The molecule has 0 bridgehead atoms. The Morgan fingerprint density at radius 2 is 0.485 bits per heavy atom. The lowest BCUT2D eigenvalue weighted by Gasteiger charge is -2.18. The monoisotopic (exact) mass is 961 g/mol. The normalized spacial score (nSPS) is 12.0. The van der Waals surface area contributed by atoms with E-state index in [0.717, 1.165) is 63.7 Å². The number of rotatable bonds is 57. The maximum absolute atomic E-state index is 12.9. The maximum atomic E-state index is 12.9. The van der Waals surface area contributed by atoms with Gasteiger partial charge in [-0.05, 0) is 25.2 Å². The third kappa shape index (κ3) is 55.3. The first-order valence-corrected chi connectivity index (χ1v) is 30.9. The minimum atomic E-state index is -0.762. The van der Waals surface area contributed by atoms with Crippen LogP contribution in [0.15, 0.2) is 0 Å². The molecule has 0 aromatic rings. The van der Waals surface area contributed by atoms with Gasteiger partial charge in [-0.2, -0.15) is 0 Å². The van der Waals surface area contributed by atoms with Crippen LogP contribution in [-0.2, 0) is 28.6 Å². The summed E-state index contributed by atoms with van der Waals surface area (Å²) in [5.74, 6) is 0.0175. The number of carbonyl (C=O) groups excluding carboxylic acids is 3. The molecular weight excluding hydrogens is 841 g/mol. The van der Waals surface area contributed by atoms with E-state index in [0.29, 0.717) is 19.3 Å². The highest BCUT2D eigenvalue weighted by Crippen LogP contribution is 2.18. The summed E-state index contributed by atoms with van der Waals surface area (Å²) >= 11 is 0. The first-order chi connectivity index (χ1) is 33.4. The van der Waals surface area contributed by atoms with E-state index in [4.69, 9.17) is 14.2 Å². The van der Waals surface area contributed by atoms with E-state index in [1.807, 2.05) is 0 Å². The summed E-state index contributed by atoms with van der Waals surface area (Å²) in [6.45, 7) is 9.08. The Bertz CT molecular complexity index is 1030. The van der Waals surface area contributed by atoms with Crippen molar-refractivity contribution in [2.75, 3.05) is 13.2 Å². The van der Waals surface area contributed by atoms with Gasteiger partial charge in [0.2, 0.25) is 0 Å². The predicted octanol–water partition coefficient (Wildman–Crippen LogP) is 20.6. The van der Waals surface area contributed by atoms with Gasteiger partial charge in [-0.15, -0.1) is 0 Å². The van der Waals surface area contributed by atoms with Crippen molar-refractivity contribution in [3.8, 4) is 0 Å². The first kappa shape index (κ1) is 66.4. The lowest BCUT2D eigenvalue weighted by molar-refractivity contribution is -0.167. The lowest BCUT2D eigenvalue weighted by Crippen LogP contribution is -2.30. The number of carbonyl (C=O) groups is 3. The Hall–Kier alpha value is -1.59. The first-order valence-electron chi connectivity index (χ1n) is 30.9. The molecular formula is C62H120O6. The zero-order chi connectivity index (χ0) is 49.5. The van der Waals surface area contributed by atoms with Gasteiger partial charge < -0.3 is 14.2 Å². The molecule has 1 atom stereocenters. The highest BCUT2D eigenvalue weighted by molar-refractivity contribution is 5.71. The van der Waals surface area contributed by atoms with Crippen molar-refractivity contribution in [1.82, 2.24) is 0 Å². The number of hydrogen-bond donors (Lipinski definition) is 0. The van der Waals surface area contributed by atoms with Crippen molar-refractivity contribution in [1.29, 1.82) is 0 Å². The molecule has 404 valence electrons. The Kier molecular flexibility index (Phi) is 55.0. The van der Waals surface area contributed by atoms with E-state index in [-0.39, 0.29) is 31.1 Å². The number of ether oxygens (including phenoxy) is 3. The SMILES string of the molecule is CCCCCCCCCCCCCCCCCCCCCC(=O)OC[C@@H](COC(=O)CCCCCCCCCCCCCCC)OC(=O)CCCCCCCCCCCCCCCCCC(C)C. The minimum absolute atomic E-state index is 0.0613. The molecule has 0 radical (unpaired) electrons. The predicted molar refractivity (Wildman–Crippen MR) is 293 cm³/mol. The summed E-state index contributed by atoms with van der Waals surface area (Å²) in [5, 5.41) is 0. The van der Waals surface area contributed by atoms with Crippen molar-refractivity contribution in [3.63, 3.8) is 0 Å². The summed E-state index contributed by atoms with van der Waals surface area (Å²) in [5.41, 5.74) is 0. The van der Waals surface area contributed by atoms with Crippen LogP contribution in [0.3, 0.4) is 0 Å². The molecule has 0 saturated heterocycles. The van der Waals surface area contributed by atoms with Crippen molar-refractivity contribution < 1.29 is 28.6 Å². The van der Waals surface area contributed by atoms with E-state index in [2.05, 4.69) is 27.7 Å². The van der Waals surface area contributed by atoms with Gasteiger partial charge in [0.1, 0.15) is 13.2 Å². The Morgan fingerprint density at radius 1 is 0.279 bits per heavy atom. The van der Waals surface area contributed by atoms with Crippen molar-refractivity contribution in [2.24, 2.45) is 5.92 Å². The van der Waals surface area contributed by atoms with Gasteiger partial charge in [-0.1, -0.05) is 317 Å². The van der Waals surface area contributed by atoms with E-state index < -0.39 is 6.10 Å². The largest absolute Gasteiger partial charge is 0.462 e. The summed E-state index contributed by atoms with van der Waals surface area (Å²) in [4.78, 5) is 38.2. The molecule has 0 N–H and O–H groups in total. The molecule has 0 fully saturated rings. The number of unbranched alkanes of at least 4 members (excludes halogenated alkanes) is 44.